The zero-order chi connectivity index (χ0) is 14.8. The van der Waals surface area contributed by atoms with Crippen molar-refractivity contribution in [2.24, 2.45) is 11.7 Å². The van der Waals surface area contributed by atoms with Crippen molar-refractivity contribution < 1.29 is 19.5 Å². The van der Waals surface area contributed by atoms with E-state index in [9.17, 15) is 14.4 Å². The van der Waals surface area contributed by atoms with E-state index in [1.165, 1.54) is 0 Å². The van der Waals surface area contributed by atoms with Gasteiger partial charge < -0.3 is 21.5 Å². The Kier molecular flexibility index (Phi) is 8.77. The van der Waals surface area contributed by atoms with E-state index in [0.29, 0.717) is 12.2 Å². The third kappa shape index (κ3) is 9.18. The SMILES string of the molecule is CSCCC(NC(N)=O)C(=O)NCC(C)CC(=O)O. The standard InChI is InChI=1S/C11H21N3O4S/c1-7(5-9(15)16)6-13-10(17)8(3-4-19-2)14-11(12)18/h7-8H,3-6H2,1-2H3,(H,13,17)(H,15,16)(H3,12,14,18). The minimum absolute atomic E-state index is 0.0149. The lowest BCUT2D eigenvalue weighted by atomic mass is 10.1. The van der Waals surface area contributed by atoms with Gasteiger partial charge in [0.25, 0.3) is 0 Å². The van der Waals surface area contributed by atoms with Gasteiger partial charge in [0.2, 0.25) is 5.91 Å². The normalized spacial score (nSPS) is 13.4. The number of carboxylic acid groups (broad SMARTS) is 1. The van der Waals surface area contributed by atoms with Gasteiger partial charge in [0.1, 0.15) is 6.04 Å². The molecule has 0 saturated heterocycles. The van der Waals surface area contributed by atoms with Gasteiger partial charge in [-0.1, -0.05) is 6.92 Å². The highest BCUT2D eigenvalue weighted by Crippen LogP contribution is 2.03. The number of aliphatic carboxylic acids is 1. The number of thioether (sulfide) groups is 1. The fraction of sp³-hybridized carbons (Fsp3) is 0.727. The Labute approximate surface area is 116 Å². The maximum Gasteiger partial charge on any atom is 0.312 e. The average molecular weight is 291 g/mol. The van der Waals surface area contributed by atoms with E-state index < -0.39 is 18.0 Å². The number of rotatable bonds is 9. The van der Waals surface area contributed by atoms with Crippen molar-refractivity contribution in [2.75, 3.05) is 18.6 Å². The Bertz CT molecular complexity index is 325. The summed E-state index contributed by atoms with van der Waals surface area (Å²) in [5.74, 6) is -0.708. The summed E-state index contributed by atoms with van der Waals surface area (Å²) >= 11 is 1.56. The van der Waals surface area contributed by atoms with Crippen LogP contribution in [0.4, 0.5) is 4.79 Å². The Morgan fingerprint density at radius 1 is 1.37 bits per heavy atom. The molecule has 5 N–H and O–H groups in total. The summed E-state index contributed by atoms with van der Waals surface area (Å²) < 4.78 is 0. The van der Waals surface area contributed by atoms with Gasteiger partial charge in [0.15, 0.2) is 0 Å². The molecule has 0 aromatic heterocycles. The second-order valence-electron chi connectivity index (χ2n) is 4.29. The molecule has 2 atom stereocenters. The van der Waals surface area contributed by atoms with Crippen LogP contribution < -0.4 is 16.4 Å². The van der Waals surface area contributed by atoms with E-state index in [0.717, 1.165) is 0 Å². The first-order chi connectivity index (χ1) is 8.86. The number of carbonyl (C=O) groups is 3. The summed E-state index contributed by atoms with van der Waals surface area (Å²) in [5, 5.41) is 13.6. The molecular formula is C11H21N3O4S. The molecule has 0 radical (unpaired) electrons. The largest absolute Gasteiger partial charge is 0.481 e. The maximum atomic E-state index is 11.8. The molecule has 0 aromatic rings. The van der Waals surface area contributed by atoms with Crippen molar-refractivity contribution in [3.05, 3.63) is 0 Å². The van der Waals surface area contributed by atoms with Crippen LogP contribution in [0, 0.1) is 5.92 Å². The van der Waals surface area contributed by atoms with Crippen molar-refractivity contribution in [3.63, 3.8) is 0 Å². The first-order valence-corrected chi connectivity index (χ1v) is 7.30. The minimum Gasteiger partial charge on any atom is -0.481 e. The molecule has 0 fully saturated rings. The van der Waals surface area contributed by atoms with Crippen LogP contribution in [0.1, 0.15) is 19.8 Å². The minimum atomic E-state index is -0.907. The smallest absolute Gasteiger partial charge is 0.312 e. The Morgan fingerprint density at radius 3 is 2.47 bits per heavy atom. The number of nitrogens with one attached hydrogen (secondary N) is 2. The number of primary amides is 1. The van der Waals surface area contributed by atoms with Crippen LogP contribution in [-0.2, 0) is 9.59 Å². The predicted octanol–water partition coefficient (Wildman–Crippen LogP) is 0.00340. The number of nitrogens with two attached hydrogens (primary N) is 1. The molecule has 110 valence electrons. The van der Waals surface area contributed by atoms with E-state index in [2.05, 4.69) is 10.6 Å². The zero-order valence-corrected chi connectivity index (χ0v) is 12.0. The van der Waals surface area contributed by atoms with E-state index >= 15 is 0 Å². The second-order valence-corrected chi connectivity index (χ2v) is 5.28. The summed E-state index contributed by atoms with van der Waals surface area (Å²) in [4.78, 5) is 33.1. The van der Waals surface area contributed by atoms with Crippen molar-refractivity contribution in [2.45, 2.75) is 25.8 Å². The van der Waals surface area contributed by atoms with Gasteiger partial charge in [-0.25, -0.2) is 4.79 Å². The Balaban J connectivity index is 4.22. The molecule has 0 aromatic carbocycles. The molecule has 3 amide bonds. The first kappa shape index (κ1) is 17.6. The Hall–Kier alpha value is -1.44. The summed E-state index contributed by atoms with van der Waals surface area (Å²) in [6.45, 7) is 1.98. The molecule has 0 aliphatic carbocycles. The fourth-order valence-electron chi connectivity index (χ4n) is 1.44. The molecule has 8 heteroatoms. The van der Waals surface area contributed by atoms with E-state index in [4.69, 9.17) is 10.8 Å². The fourth-order valence-corrected chi connectivity index (χ4v) is 1.92. The number of carbonyl (C=O) groups excluding carboxylic acids is 2. The van der Waals surface area contributed by atoms with Gasteiger partial charge in [0.05, 0.1) is 0 Å². The third-order valence-electron chi connectivity index (χ3n) is 2.39. The molecule has 0 bridgehead atoms. The van der Waals surface area contributed by atoms with Crippen LogP contribution in [0.3, 0.4) is 0 Å². The van der Waals surface area contributed by atoms with Crippen molar-refractivity contribution >= 4 is 29.7 Å². The molecule has 0 rings (SSSR count). The van der Waals surface area contributed by atoms with Gasteiger partial charge >= 0.3 is 12.0 Å². The quantitative estimate of drug-likeness (QED) is 0.476. The average Bonchev–Trinajstić information content (AvgIpc) is 2.30. The number of hydrogen-bond acceptors (Lipinski definition) is 4. The van der Waals surface area contributed by atoms with Crippen LogP contribution in [0.5, 0.6) is 0 Å². The van der Waals surface area contributed by atoms with Crippen LogP contribution in [0.15, 0.2) is 0 Å². The van der Waals surface area contributed by atoms with Gasteiger partial charge in [-0.2, -0.15) is 11.8 Å². The number of carboxylic acids is 1. The third-order valence-corrected chi connectivity index (χ3v) is 3.04. The topological polar surface area (TPSA) is 122 Å². The van der Waals surface area contributed by atoms with Gasteiger partial charge in [-0.05, 0) is 24.3 Å². The monoisotopic (exact) mass is 291 g/mol. The number of urea groups is 1. The lowest BCUT2D eigenvalue weighted by Gasteiger charge is -2.18. The molecule has 0 heterocycles. The lowest BCUT2D eigenvalue weighted by molar-refractivity contribution is -0.138. The molecule has 2 unspecified atom stereocenters. The highest BCUT2D eigenvalue weighted by Gasteiger charge is 2.19. The maximum absolute atomic E-state index is 11.8. The zero-order valence-electron chi connectivity index (χ0n) is 11.1. The Morgan fingerprint density at radius 2 is 2.00 bits per heavy atom. The molecule has 0 saturated carbocycles. The predicted molar refractivity (Wildman–Crippen MR) is 73.9 cm³/mol. The van der Waals surface area contributed by atoms with Gasteiger partial charge in [-0.15, -0.1) is 0 Å². The van der Waals surface area contributed by atoms with E-state index in [-0.39, 0.29) is 24.8 Å². The molecule has 7 nitrogen and oxygen atoms in total. The number of amides is 3. The van der Waals surface area contributed by atoms with E-state index in [1.54, 1.807) is 18.7 Å². The lowest BCUT2D eigenvalue weighted by Crippen LogP contribution is -2.49. The summed E-state index contributed by atoms with van der Waals surface area (Å²) in [5.41, 5.74) is 5.01. The summed E-state index contributed by atoms with van der Waals surface area (Å²) in [6, 6.07) is -1.43. The second kappa shape index (κ2) is 9.48. The van der Waals surface area contributed by atoms with Crippen LogP contribution >= 0.6 is 11.8 Å². The van der Waals surface area contributed by atoms with Crippen LogP contribution in [0.2, 0.25) is 0 Å². The van der Waals surface area contributed by atoms with Gasteiger partial charge in [-0.3, -0.25) is 9.59 Å². The highest BCUT2D eigenvalue weighted by atomic mass is 32.2. The molecule has 0 aliphatic heterocycles. The molecule has 19 heavy (non-hydrogen) atoms. The molecule has 0 spiro atoms. The van der Waals surface area contributed by atoms with Crippen LogP contribution in [-0.4, -0.2) is 47.6 Å². The molecule has 0 aliphatic rings. The highest BCUT2D eigenvalue weighted by molar-refractivity contribution is 7.98. The van der Waals surface area contributed by atoms with Crippen molar-refractivity contribution in [1.82, 2.24) is 10.6 Å². The first-order valence-electron chi connectivity index (χ1n) is 5.91. The molecular weight excluding hydrogens is 270 g/mol. The summed E-state index contributed by atoms with van der Waals surface area (Å²) in [6.07, 6.45) is 2.36. The summed E-state index contributed by atoms with van der Waals surface area (Å²) in [7, 11) is 0. The van der Waals surface area contributed by atoms with Crippen LogP contribution in [0.25, 0.3) is 0 Å². The van der Waals surface area contributed by atoms with Crippen molar-refractivity contribution in [1.29, 1.82) is 0 Å². The van der Waals surface area contributed by atoms with Crippen molar-refractivity contribution in [3.8, 4) is 0 Å². The van der Waals surface area contributed by atoms with E-state index in [1.807, 2.05) is 6.26 Å². The number of hydrogen-bond donors (Lipinski definition) is 4. The van der Waals surface area contributed by atoms with Gasteiger partial charge in [0, 0.05) is 13.0 Å².